The number of halogens is 3. The maximum Gasteiger partial charge on any atom is 0.247 e. The van der Waals surface area contributed by atoms with Crippen molar-refractivity contribution in [3.05, 3.63) is 32.6 Å². The molecule has 100 valence electrons. The number of nitrogens with two attached hydrogens (primary N) is 1. The number of methoxy groups -OCH3 is 1. The molecule has 0 spiro atoms. The molecule has 2 N–H and O–H groups in total. The molecule has 1 aromatic heterocycles. The van der Waals surface area contributed by atoms with Crippen molar-refractivity contribution < 1.29 is 9.47 Å². The van der Waals surface area contributed by atoms with Crippen molar-refractivity contribution in [2.45, 2.75) is 0 Å². The lowest BCUT2D eigenvalue weighted by atomic mass is 10.3. The predicted molar refractivity (Wildman–Crippen MR) is 79.9 cm³/mol. The molecule has 2 aromatic rings. The quantitative estimate of drug-likeness (QED) is 0.775. The van der Waals surface area contributed by atoms with E-state index >= 15 is 0 Å². The first-order valence-electron chi connectivity index (χ1n) is 5.00. The van der Waals surface area contributed by atoms with Crippen LogP contribution in [0.2, 0.25) is 5.28 Å². The van der Waals surface area contributed by atoms with Gasteiger partial charge in [0.25, 0.3) is 0 Å². The van der Waals surface area contributed by atoms with Gasteiger partial charge in [-0.05, 0) is 55.6 Å². The molecule has 0 amide bonds. The molecule has 0 saturated heterocycles. The molecule has 0 fully saturated rings. The Balaban J connectivity index is 2.38. The summed E-state index contributed by atoms with van der Waals surface area (Å²) in [5.74, 6) is 1.39. The maximum atomic E-state index is 5.72. The summed E-state index contributed by atoms with van der Waals surface area (Å²) in [5, 5.41) is 0.0629. The van der Waals surface area contributed by atoms with Crippen molar-refractivity contribution in [3.8, 4) is 17.4 Å². The van der Waals surface area contributed by atoms with Crippen molar-refractivity contribution in [2.24, 2.45) is 0 Å². The summed E-state index contributed by atoms with van der Waals surface area (Å²) in [7, 11) is 1.58. The van der Waals surface area contributed by atoms with Crippen LogP contribution in [-0.2, 0) is 0 Å². The molecule has 2 rings (SSSR count). The molecule has 0 unspecified atom stereocenters. The van der Waals surface area contributed by atoms with Crippen LogP contribution in [0, 0.1) is 0 Å². The molecule has 0 aliphatic rings. The van der Waals surface area contributed by atoms with Gasteiger partial charge in [-0.15, -0.1) is 0 Å². The molecular formula is C11H8Br2ClN3O2. The number of nitrogen functional groups attached to an aromatic ring is 1. The number of anilines is 1. The fraction of sp³-hybridized carbons (Fsp3) is 0.0909. The molecule has 5 nitrogen and oxygen atoms in total. The fourth-order valence-corrected chi connectivity index (χ4v) is 2.30. The third kappa shape index (κ3) is 3.29. The summed E-state index contributed by atoms with van der Waals surface area (Å²) < 4.78 is 12.2. The van der Waals surface area contributed by atoms with Crippen molar-refractivity contribution in [1.82, 2.24) is 9.97 Å². The van der Waals surface area contributed by atoms with Crippen molar-refractivity contribution in [1.29, 1.82) is 0 Å². The van der Waals surface area contributed by atoms with Crippen LogP contribution in [0.4, 0.5) is 5.69 Å². The van der Waals surface area contributed by atoms with Gasteiger partial charge in [0.15, 0.2) is 0 Å². The summed E-state index contributed by atoms with van der Waals surface area (Å²) in [6.07, 6.45) is 1.39. The van der Waals surface area contributed by atoms with Gasteiger partial charge in [-0.25, -0.2) is 4.98 Å². The van der Waals surface area contributed by atoms with Crippen molar-refractivity contribution in [2.75, 3.05) is 12.8 Å². The molecule has 0 saturated carbocycles. The Kier molecular flexibility index (Phi) is 4.49. The SMILES string of the molecule is COc1cc(Br)c(Oc2nc(Cl)ncc2N)cc1Br. The van der Waals surface area contributed by atoms with Crippen LogP contribution in [0.25, 0.3) is 0 Å². The van der Waals surface area contributed by atoms with E-state index in [2.05, 4.69) is 41.8 Å². The lowest BCUT2D eigenvalue weighted by Crippen LogP contribution is -1.97. The molecule has 19 heavy (non-hydrogen) atoms. The summed E-state index contributed by atoms with van der Waals surface area (Å²) in [6, 6.07) is 3.50. The predicted octanol–water partition coefficient (Wildman–Crippen LogP) is 4.04. The highest BCUT2D eigenvalue weighted by atomic mass is 79.9. The molecule has 0 bridgehead atoms. The zero-order valence-electron chi connectivity index (χ0n) is 9.65. The lowest BCUT2D eigenvalue weighted by Gasteiger charge is -2.11. The van der Waals surface area contributed by atoms with Crippen molar-refractivity contribution >= 4 is 49.1 Å². The minimum absolute atomic E-state index is 0.0629. The summed E-state index contributed by atoms with van der Waals surface area (Å²) in [6.45, 7) is 0. The maximum absolute atomic E-state index is 5.72. The van der Waals surface area contributed by atoms with Gasteiger partial charge >= 0.3 is 0 Å². The number of benzene rings is 1. The van der Waals surface area contributed by atoms with E-state index in [9.17, 15) is 0 Å². The third-order valence-electron chi connectivity index (χ3n) is 2.16. The van der Waals surface area contributed by atoms with Crippen LogP contribution < -0.4 is 15.2 Å². The molecule has 0 aliphatic carbocycles. The van der Waals surface area contributed by atoms with Gasteiger partial charge in [0.1, 0.15) is 17.2 Å². The Morgan fingerprint density at radius 3 is 2.53 bits per heavy atom. The number of rotatable bonds is 3. The molecule has 0 aliphatic heterocycles. The number of ether oxygens (including phenoxy) is 2. The standard InChI is InChI=1S/C11H8Br2ClN3O2/c1-18-8-2-6(13)9(3-5(8)12)19-10-7(15)4-16-11(14)17-10/h2-4H,15H2,1H3. The third-order valence-corrected chi connectivity index (χ3v) is 3.59. The molecule has 1 heterocycles. The first-order chi connectivity index (χ1) is 9.01. The number of hydrogen-bond donors (Lipinski definition) is 1. The van der Waals surface area contributed by atoms with Gasteiger partial charge < -0.3 is 15.2 Å². The Bertz CT molecular complexity index is 625. The van der Waals surface area contributed by atoms with Crippen LogP contribution in [0.3, 0.4) is 0 Å². The van der Waals surface area contributed by atoms with E-state index in [0.717, 1.165) is 4.47 Å². The minimum atomic E-state index is 0.0629. The molecule has 1 aromatic carbocycles. The molecule has 8 heteroatoms. The smallest absolute Gasteiger partial charge is 0.247 e. The Hall–Kier alpha value is -1.05. The number of nitrogens with zero attached hydrogens (tertiary/aromatic N) is 2. The van der Waals surface area contributed by atoms with Gasteiger partial charge in [-0.1, -0.05) is 0 Å². The zero-order chi connectivity index (χ0) is 14.0. The highest BCUT2D eigenvalue weighted by Crippen LogP contribution is 2.38. The minimum Gasteiger partial charge on any atom is -0.496 e. The average molecular weight is 409 g/mol. The molecular weight excluding hydrogens is 401 g/mol. The number of aromatic nitrogens is 2. The van der Waals surface area contributed by atoms with E-state index in [-0.39, 0.29) is 11.2 Å². The van der Waals surface area contributed by atoms with Gasteiger partial charge in [0.2, 0.25) is 11.2 Å². The fourth-order valence-electron chi connectivity index (χ4n) is 1.29. The van der Waals surface area contributed by atoms with Crippen LogP contribution in [0.15, 0.2) is 27.3 Å². The van der Waals surface area contributed by atoms with Gasteiger partial charge in [-0.3, -0.25) is 0 Å². The van der Waals surface area contributed by atoms with E-state index in [1.165, 1.54) is 6.20 Å². The molecule has 0 atom stereocenters. The highest BCUT2D eigenvalue weighted by Gasteiger charge is 2.12. The van der Waals surface area contributed by atoms with Gasteiger partial charge in [0, 0.05) is 0 Å². The van der Waals surface area contributed by atoms with Crippen molar-refractivity contribution in [3.63, 3.8) is 0 Å². The van der Waals surface area contributed by atoms with Crippen LogP contribution in [0.1, 0.15) is 0 Å². The van der Waals surface area contributed by atoms with E-state index in [1.807, 2.05) is 0 Å². The van der Waals surface area contributed by atoms with Crippen LogP contribution >= 0.6 is 43.5 Å². The van der Waals surface area contributed by atoms with E-state index in [0.29, 0.717) is 21.7 Å². The Morgan fingerprint density at radius 2 is 1.84 bits per heavy atom. The highest BCUT2D eigenvalue weighted by molar-refractivity contribution is 9.11. The second-order valence-electron chi connectivity index (χ2n) is 3.42. The lowest BCUT2D eigenvalue weighted by molar-refractivity contribution is 0.408. The molecule has 0 radical (unpaired) electrons. The van der Waals surface area contributed by atoms with Crippen LogP contribution in [-0.4, -0.2) is 17.1 Å². The first kappa shape index (κ1) is 14.4. The zero-order valence-corrected chi connectivity index (χ0v) is 13.6. The summed E-state index contributed by atoms with van der Waals surface area (Å²) >= 11 is 12.5. The Morgan fingerprint density at radius 1 is 1.21 bits per heavy atom. The second kappa shape index (κ2) is 5.94. The second-order valence-corrected chi connectivity index (χ2v) is 5.47. The monoisotopic (exact) mass is 407 g/mol. The van der Waals surface area contributed by atoms with E-state index in [4.69, 9.17) is 26.8 Å². The summed E-state index contributed by atoms with van der Waals surface area (Å²) in [4.78, 5) is 7.68. The number of hydrogen-bond acceptors (Lipinski definition) is 5. The van der Waals surface area contributed by atoms with E-state index in [1.54, 1.807) is 19.2 Å². The average Bonchev–Trinajstić information content (AvgIpc) is 2.37. The largest absolute Gasteiger partial charge is 0.496 e. The Labute approximate surface area is 131 Å². The topological polar surface area (TPSA) is 70.3 Å². The van der Waals surface area contributed by atoms with Gasteiger partial charge in [-0.2, -0.15) is 4.98 Å². The van der Waals surface area contributed by atoms with E-state index < -0.39 is 0 Å². The van der Waals surface area contributed by atoms with Crippen LogP contribution in [0.5, 0.6) is 17.4 Å². The summed E-state index contributed by atoms with van der Waals surface area (Å²) in [5.41, 5.74) is 6.02. The normalized spacial score (nSPS) is 10.3. The first-order valence-corrected chi connectivity index (χ1v) is 6.96. The van der Waals surface area contributed by atoms with Gasteiger partial charge in [0.05, 0.1) is 22.3 Å².